The van der Waals surface area contributed by atoms with Crippen LogP contribution in [0.4, 0.5) is 0 Å². The maximum Gasteiger partial charge on any atom is 0.300 e. The zero-order valence-corrected chi connectivity index (χ0v) is 10.2. The number of carboxylic acids is 1. The standard InChI is InChI=1S/C9H12N4O.C2H4O2/c1-14-8-4-2-7(3-5-8)6-12-13-9(10)11;1-2(3)4/h2-6H,1H3,(H4,10,11,13);1H3,(H,3,4)/b12-6+;. The van der Waals surface area contributed by atoms with Crippen LogP contribution in [0.2, 0.25) is 0 Å². The molecule has 1 aromatic rings. The molecule has 0 heterocycles. The zero-order valence-electron chi connectivity index (χ0n) is 10.2. The smallest absolute Gasteiger partial charge is 0.300 e. The van der Waals surface area contributed by atoms with E-state index in [4.69, 9.17) is 26.1 Å². The van der Waals surface area contributed by atoms with Crippen molar-refractivity contribution < 1.29 is 14.6 Å². The van der Waals surface area contributed by atoms with E-state index in [1.54, 1.807) is 13.3 Å². The Hall–Kier alpha value is -2.57. The average molecular weight is 252 g/mol. The maximum atomic E-state index is 9.00. The number of nitrogens with two attached hydrogens (primary N) is 2. The summed E-state index contributed by atoms with van der Waals surface area (Å²) in [4.78, 5) is 9.00. The number of hydrogen-bond acceptors (Lipinski definition) is 4. The molecule has 0 aromatic heterocycles. The van der Waals surface area contributed by atoms with Gasteiger partial charge in [-0.3, -0.25) is 4.79 Å². The van der Waals surface area contributed by atoms with Gasteiger partial charge in [0.1, 0.15) is 5.75 Å². The van der Waals surface area contributed by atoms with Crippen molar-refractivity contribution in [2.75, 3.05) is 7.11 Å². The van der Waals surface area contributed by atoms with Crippen LogP contribution in [0.3, 0.4) is 0 Å². The minimum Gasteiger partial charge on any atom is -0.497 e. The SMILES string of the molecule is CC(=O)O.COc1ccc(/C=N/N=C(N)N)cc1. The minimum atomic E-state index is -0.833. The molecule has 0 atom stereocenters. The highest BCUT2D eigenvalue weighted by molar-refractivity contribution is 5.81. The van der Waals surface area contributed by atoms with Gasteiger partial charge < -0.3 is 21.3 Å². The minimum absolute atomic E-state index is 0.0604. The van der Waals surface area contributed by atoms with Gasteiger partial charge >= 0.3 is 0 Å². The monoisotopic (exact) mass is 252 g/mol. The zero-order chi connectivity index (χ0) is 14.0. The van der Waals surface area contributed by atoms with Gasteiger partial charge in [-0.1, -0.05) is 0 Å². The van der Waals surface area contributed by atoms with E-state index in [0.717, 1.165) is 18.2 Å². The summed E-state index contributed by atoms with van der Waals surface area (Å²) in [5.74, 6) is -0.0984. The van der Waals surface area contributed by atoms with Crippen LogP contribution in [0.5, 0.6) is 5.75 Å². The number of aliphatic carboxylic acids is 1. The van der Waals surface area contributed by atoms with Crippen LogP contribution in [0.15, 0.2) is 34.5 Å². The lowest BCUT2D eigenvalue weighted by atomic mass is 10.2. The van der Waals surface area contributed by atoms with Gasteiger partial charge in [0.2, 0.25) is 5.96 Å². The van der Waals surface area contributed by atoms with Crippen LogP contribution >= 0.6 is 0 Å². The Bertz CT molecular complexity index is 418. The van der Waals surface area contributed by atoms with Gasteiger partial charge in [0.05, 0.1) is 13.3 Å². The molecule has 7 nitrogen and oxygen atoms in total. The van der Waals surface area contributed by atoms with Crippen LogP contribution in [0.1, 0.15) is 12.5 Å². The van der Waals surface area contributed by atoms with Crippen LogP contribution in [-0.2, 0) is 4.79 Å². The molecule has 0 spiro atoms. The molecule has 0 fully saturated rings. The molecule has 0 bridgehead atoms. The van der Waals surface area contributed by atoms with E-state index in [1.165, 1.54) is 0 Å². The molecule has 0 aliphatic rings. The van der Waals surface area contributed by atoms with E-state index in [0.29, 0.717) is 0 Å². The summed E-state index contributed by atoms with van der Waals surface area (Å²) in [6, 6.07) is 7.36. The van der Waals surface area contributed by atoms with Crippen LogP contribution in [0, 0.1) is 0 Å². The van der Waals surface area contributed by atoms with E-state index in [1.807, 2.05) is 24.3 Å². The molecule has 1 aromatic carbocycles. The first-order valence-corrected chi connectivity index (χ1v) is 4.91. The second kappa shape index (κ2) is 8.57. The fourth-order valence-electron chi connectivity index (χ4n) is 0.852. The van der Waals surface area contributed by atoms with Crippen molar-refractivity contribution in [3.8, 4) is 5.75 Å². The predicted molar refractivity (Wildman–Crippen MR) is 69.7 cm³/mol. The molecular weight excluding hydrogens is 236 g/mol. The molecule has 5 N–H and O–H groups in total. The van der Waals surface area contributed by atoms with Crippen molar-refractivity contribution in [1.82, 2.24) is 0 Å². The van der Waals surface area contributed by atoms with Gasteiger partial charge in [-0.2, -0.15) is 5.10 Å². The third kappa shape index (κ3) is 8.72. The average Bonchev–Trinajstić information content (AvgIpc) is 2.29. The third-order valence-electron chi connectivity index (χ3n) is 1.50. The quantitative estimate of drug-likeness (QED) is 0.408. The second-order valence-corrected chi connectivity index (χ2v) is 3.06. The lowest BCUT2D eigenvalue weighted by Crippen LogP contribution is -2.21. The van der Waals surface area contributed by atoms with Crippen molar-refractivity contribution in [2.45, 2.75) is 6.92 Å². The van der Waals surface area contributed by atoms with Crippen molar-refractivity contribution in [1.29, 1.82) is 0 Å². The fraction of sp³-hybridized carbons (Fsp3) is 0.182. The highest BCUT2D eigenvalue weighted by Gasteiger charge is 1.89. The topological polar surface area (TPSA) is 123 Å². The number of carboxylic acid groups (broad SMARTS) is 1. The van der Waals surface area contributed by atoms with Crippen molar-refractivity contribution in [2.24, 2.45) is 21.7 Å². The Kier molecular flexibility index (Phi) is 7.34. The summed E-state index contributed by atoms with van der Waals surface area (Å²) < 4.78 is 5.00. The van der Waals surface area contributed by atoms with Crippen LogP contribution in [0.25, 0.3) is 0 Å². The lowest BCUT2D eigenvalue weighted by molar-refractivity contribution is -0.134. The third-order valence-corrected chi connectivity index (χ3v) is 1.50. The molecule has 18 heavy (non-hydrogen) atoms. The predicted octanol–water partition coefficient (Wildman–Crippen LogP) is 0.393. The molecule has 0 saturated carbocycles. The van der Waals surface area contributed by atoms with Crippen molar-refractivity contribution in [3.63, 3.8) is 0 Å². The molecule has 0 aliphatic carbocycles. The van der Waals surface area contributed by atoms with E-state index in [2.05, 4.69) is 10.2 Å². The number of rotatable bonds is 3. The second-order valence-electron chi connectivity index (χ2n) is 3.06. The fourth-order valence-corrected chi connectivity index (χ4v) is 0.852. The number of methoxy groups -OCH3 is 1. The number of benzene rings is 1. The van der Waals surface area contributed by atoms with Gasteiger partial charge in [0.25, 0.3) is 5.97 Å². The Morgan fingerprint density at radius 1 is 1.33 bits per heavy atom. The van der Waals surface area contributed by atoms with Crippen molar-refractivity contribution in [3.05, 3.63) is 29.8 Å². The molecule has 7 heteroatoms. The van der Waals surface area contributed by atoms with Gasteiger partial charge in [0.15, 0.2) is 0 Å². The largest absolute Gasteiger partial charge is 0.497 e. The highest BCUT2D eigenvalue weighted by atomic mass is 16.5. The molecule has 0 radical (unpaired) electrons. The molecule has 98 valence electrons. The molecular formula is C11H16N4O3. The molecule has 0 amide bonds. The lowest BCUT2D eigenvalue weighted by Gasteiger charge is -1.97. The van der Waals surface area contributed by atoms with Crippen molar-refractivity contribution >= 4 is 18.1 Å². The van der Waals surface area contributed by atoms with Gasteiger partial charge in [-0.15, -0.1) is 5.10 Å². The first-order chi connectivity index (χ1) is 8.45. The summed E-state index contributed by atoms with van der Waals surface area (Å²) in [6.45, 7) is 1.08. The van der Waals surface area contributed by atoms with Crippen LogP contribution < -0.4 is 16.2 Å². The number of guanidine groups is 1. The molecule has 0 saturated heterocycles. The summed E-state index contributed by atoms with van der Waals surface area (Å²) in [5, 5.41) is 14.6. The van der Waals surface area contributed by atoms with Crippen LogP contribution in [-0.4, -0.2) is 30.4 Å². The Morgan fingerprint density at radius 3 is 2.22 bits per heavy atom. The summed E-state index contributed by atoms with van der Waals surface area (Å²) in [7, 11) is 1.61. The normalized spacial score (nSPS) is 9.22. The Morgan fingerprint density at radius 2 is 1.83 bits per heavy atom. The number of ether oxygens (including phenoxy) is 1. The summed E-state index contributed by atoms with van der Waals surface area (Å²) in [5.41, 5.74) is 11.1. The van der Waals surface area contributed by atoms with E-state index >= 15 is 0 Å². The molecule has 0 unspecified atom stereocenters. The molecule has 1 rings (SSSR count). The first kappa shape index (κ1) is 15.4. The van der Waals surface area contributed by atoms with E-state index in [9.17, 15) is 0 Å². The highest BCUT2D eigenvalue weighted by Crippen LogP contribution is 2.09. The Balaban J connectivity index is 0.000000631. The van der Waals surface area contributed by atoms with E-state index < -0.39 is 5.97 Å². The first-order valence-electron chi connectivity index (χ1n) is 4.91. The molecule has 0 aliphatic heterocycles. The maximum absolute atomic E-state index is 9.00. The number of carbonyl (C=O) groups is 1. The van der Waals surface area contributed by atoms with E-state index in [-0.39, 0.29) is 5.96 Å². The summed E-state index contributed by atoms with van der Waals surface area (Å²) >= 11 is 0. The van der Waals surface area contributed by atoms with Gasteiger partial charge in [-0.25, -0.2) is 0 Å². The summed E-state index contributed by atoms with van der Waals surface area (Å²) in [6.07, 6.45) is 1.55. The number of nitrogens with zero attached hydrogens (tertiary/aromatic N) is 2. The van der Waals surface area contributed by atoms with Gasteiger partial charge in [0, 0.05) is 6.92 Å². The number of hydrogen-bond donors (Lipinski definition) is 3. The van der Waals surface area contributed by atoms with Gasteiger partial charge in [-0.05, 0) is 29.8 Å². The Labute approximate surface area is 105 Å².